The van der Waals surface area contributed by atoms with Crippen molar-refractivity contribution in [2.24, 2.45) is 0 Å². The molecule has 0 radical (unpaired) electrons. The highest BCUT2D eigenvalue weighted by Crippen LogP contribution is 2.21. The molecular formula is C19H20N4O4S2. The Hall–Kier alpha value is -2.69. The van der Waals surface area contributed by atoms with E-state index < -0.39 is 5.91 Å². The molecule has 152 valence electrons. The highest BCUT2D eigenvalue weighted by atomic mass is 32.2. The van der Waals surface area contributed by atoms with E-state index in [0.29, 0.717) is 27.5 Å². The van der Waals surface area contributed by atoms with Crippen LogP contribution in [-0.4, -0.2) is 40.8 Å². The second-order valence-corrected chi connectivity index (χ2v) is 8.05. The van der Waals surface area contributed by atoms with Crippen molar-refractivity contribution in [2.75, 3.05) is 19.5 Å². The number of carbonyl (C=O) groups excluding carboxylic acids is 2. The number of ether oxygens (including phenoxy) is 1. The Morgan fingerprint density at radius 3 is 2.76 bits per heavy atom. The summed E-state index contributed by atoms with van der Waals surface area (Å²) in [5, 5.41) is 2.70. The zero-order valence-electron chi connectivity index (χ0n) is 15.9. The lowest BCUT2D eigenvalue weighted by Gasteiger charge is -2.18. The van der Waals surface area contributed by atoms with Crippen LogP contribution >= 0.6 is 23.1 Å². The number of thiophene rings is 1. The maximum atomic E-state index is 13.0. The van der Waals surface area contributed by atoms with Crippen molar-refractivity contribution in [3.63, 3.8) is 0 Å². The molecule has 2 N–H and O–H groups in total. The third-order valence-corrected chi connectivity index (χ3v) is 5.84. The fourth-order valence-electron chi connectivity index (χ4n) is 2.69. The molecule has 29 heavy (non-hydrogen) atoms. The van der Waals surface area contributed by atoms with Gasteiger partial charge in [0.1, 0.15) is 0 Å². The van der Waals surface area contributed by atoms with Crippen LogP contribution in [0.5, 0.6) is 0 Å². The summed E-state index contributed by atoms with van der Waals surface area (Å²) in [4.78, 5) is 42.1. The van der Waals surface area contributed by atoms with Crippen LogP contribution in [-0.2, 0) is 9.53 Å². The van der Waals surface area contributed by atoms with Gasteiger partial charge in [-0.2, -0.15) is 0 Å². The van der Waals surface area contributed by atoms with E-state index in [4.69, 9.17) is 4.74 Å². The number of aromatic nitrogens is 2. The normalized spacial score (nSPS) is 11.9. The second kappa shape index (κ2) is 9.68. The van der Waals surface area contributed by atoms with Crippen LogP contribution < -0.4 is 16.4 Å². The summed E-state index contributed by atoms with van der Waals surface area (Å²) in [5.41, 5.74) is 5.12. The van der Waals surface area contributed by atoms with E-state index in [1.165, 1.54) is 15.9 Å². The van der Waals surface area contributed by atoms with Crippen molar-refractivity contribution in [1.82, 2.24) is 20.4 Å². The SMILES string of the molecule is COCC(C)n1c(SCC(=O)NNC(=O)c2cccs2)nc2ccccc2c1=O. The van der Waals surface area contributed by atoms with E-state index in [9.17, 15) is 14.4 Å². The van der Waals surface area contributed by atoms with Crippen molar-refractivity contribution in [1.29, 1.82) is 0 Å². The Kier molecular flexibility index (Phi) is 7.02. The average molecular weight is 433 g/mol. The van der Waals surface area contributed by atoms with Crippen molar-refractivity contribution in [3.8, 4) is 0 Å². The number of methoxy groups -OCH3 is 1. The molecule has 1 unspecified atom stereocenters. The Labute approximate surface area is 175 Å². The quantitative estimate of drug-likeness (QED) is 0.337. The van der Waals surface area contributed by atoms with Crippen molar-refractivity contribution < 1.29 is 14.3 Å². The van der Waals surface area contributed by atoms with Gasteiger partial charge in [-0.15, -0.1) is 11.3 Å². The number of hydrazine groups is 1. The van der Waals surface area contributed by atoms with Crippen LogP contribution in [0.3, 0.4) is 0 Å². The summed E-state index contributed by atoms with van der Waals surface area (Å²) < 4.78 is 6.72. The number of thioether (sulfide) groups is 1. The largest absolute Gasteiger partial charge is 0.383 e. The van der Waals surface area contributed by atoms with Crippen LogP contribution in [0.15, 0.2) is 51.7 Å². The van der Waals surface area contributed by atoms with Gasteiger partial charge in [0.05, 0.1) is 34.2 Å². The van der Waals surface area contributed by atoms with Gasteiger partial charge in [0.25, 0.3) is 11.5 Å². The van der Waals surface area contributed by atoms with Gasteiger partial charge in [0, 0.05) is 7.11 Å². The molecular weight excluding hydrogens is 412 g/mol. The monoisotopic (exact) mass is 432 g/mol. The van der Waals surface area contributed by atoms with Crippen molar-refractivity contribution in [3.05, 3.63) is 57.0 Å². The topological polar surface area (TPSA) is 102 Å². The Morgan fingerprint density at radius 2 is 2.03 bits per heavy atom. The van der Waals surface area contributed by atoms with Crippen LogP contribution in [0.4, 0.5) is 0 Å². The van der Waals surface area contributed by atoms with E-state index in [-0.39, 0.29) is 23.3 Å². The molecule has 1 atom stereocenters. The first-order valence-corrected chi connectivity index (χ1v) is 10.6. The lowest BCUT2D eigenvalue weighted by molar-refractivity contribution is -0.119. The number of amides is 2. The maximum absolute atomic E-state index is 13.0. The highest BCUT2D eigenvalue weighted by molar-refractivity contribution is 7.99. The van der Waals surface area contributed by atoms with E-state index >= 15 is 0 Å². The zero-order valence-corrected chi connectivity index (χ0v) is 17.5. The molecule has 0 aliphatic rings. The van der Waals surface area contributed by atoms with E-state index in [1.54, 1.807) is 48.9 Å². The average Bonchev–Trinajstić information content (AvgIpc) is 3.25. The summed E-state index contributed by atoms with van der Waals surface area (Å²) in [6.45, 7) is 2.18. The molecule has 0 saturated carbocycles. The number of hydrogen-bond donors (Lipinski definition) is 2. The molecule has 2 amide bonds. The van der Waals surface area contributed by atoms with Gasteiger partial charge in [0.2, 0.25) is 5.91 Å². The maximum Gasteiger partial charge on any atom is 0.279 e. The molecule has 1 aromatic carbocycles. The number of fused-ring (bicyclic) bond motifs is 1. The predicted molar refractivity (Wildman–Crippen MR) is 113 cm³/mol. The molecule has 0 spiro atoms. The van der Waals surface area contributed by atoms with E-state index in [2.05, 4.69) is 15.8 Å². The number of benzene rings is 1. The Morgan fingerprint density at radius 1 is 1.24 bits per heavy atom. The third-order valence-electron chi connectivity index (χ3n) is 4.02. The number of nitrogens with zero attached hydrogens (tertiary/aromatic N) is 2. The summed E-state index contributed by atoms with van der Waals surface area (Å²) in [5.74, 6) is -0.809. The minimum atomic E-state index is -0.409. The molecule has 0 saturated heterocycles. The van der Waals surface area contributed by atoms with Crippen molar-refractivity contribution >= 4 is 45.8 Å². The Balaban J connectivity index is 1.74. The minimum absolute atomic E-state index is 0.0186. The highest BCUT2D eigenvalue weighted by Gasteiger charge is 2.18. The van der Waals surface area contributed by atoms with Crippen LogP contribution in [0, 0.1) is 0 Å². The molecule has 10 heteroatoms. The first-order valence-electron chi connectivity index (χ1n) is 8.77. The first kappa shape index (κ1) is 21.0. The summed E-state index contributed by atoms with van der Waals surface area (Å²) in [6, 6.07) is 10.2. The number of carbonyl (C=O) groups is 2. The molecule has 0 fully saturated rings. The van der Waals surface area contributed by atoms with Gasteiger partial charge in [0.15, 0.2) is 5.16 Å². The standard InChI is InChI=1S/C19H20N4O4S2/c1-12(10-27-2)23-18(26)13-6-3-4-7-14(13)20-19(23)29-11-16(24)21-22-17(25)15-8-5-9-28-15/h3-9,12H,10-11H2,1-2H3,(H,21,24)(H,22,25). The number of hydrogen-bond acceptors (Lipinski definition) is 7. The number of nitrogens with one attached hydrogen (secondary N) is 2. The minimum Gasteiger partial charge on any atom is -0.383 e. The van der Waals surface area contributed by atoms with Crippen LogP contribution in [0.2, 0.25) is 0 Å². The number of rotatable bonds is 7. The smallest absolute Gasteiger partial charge is 0.279 e. The van der Waals surface area contributed by atoms with E-state index in [0.717, 1.165) is 11.8 Å². The summed E-state index contributed by atoms with van der Waals surface area (Å²) in [6.07, 6.45) is 0. The van der Waals surface area contributed by atoms with Gasteiger partial charge in [-0.05, 0) is 30.5 Å². The van der Waals surface area contributed by atoms with Gasteiger partial charge in [-0.3, -0.25) is 29.8 Å². The lowest BCUT2D eigenvalue weighted by Crippen LogP contribution is -2.42. The molecule has 8 nitrogen and oxygen atoms in total. The van der Waals surface area contributed by atoms with E-state index in [1.807, 2.05) is 6.92 Å². The summed E-state index contributed by atoms with van der Waals surface area (Å²) in [7, 11) is 1.56. The Bertz CT molecular complexity index is 1070. The third kappa shape index (κ3) is 5.03. The van der Waals surface area contributed by atoms with Gasteiger partial charge < -0.3 is 4.74 Å². The fraction of sp³-hybridized carbons (Fsp3) is 0.263. The first-order chi connectivity index (χ1) is 14.0. The zero-order chi connectivity index (χ0) is 20.8. The number of para-hydroxylation sites is 1. The molecule has 0 bridgehead atoms. The van der Waals surface area contributed by atoms with Gasteiger partial charge in [-0.25, -0.2) is 4.98 Å². The molecule has 0 aliphatic heterocycles. The molecule has 2 aromatic heterocycles. The predicted octanol–water partition coefficient (Wildman–Crippen LogP) is 2.22. The lowest BCUT2D eigenvalue weighted by atomic mass is 10.2. The molecule has 0 aliphatic carbocycles. The van der Waals surface area contributed by atoms with Crippen LogP contribution in [0.25, 0.3) is 10.9 Å². The fourth-order valence-corrected chi connectivity index (χ4v) is 4.21. The second-order valence-electron chi connectivity index (χ2n) is 6.16. The summed E-state index contributed by atoms with van der Waals surface area (Å²) >= 11 is 2.40. The van der Waals surface area contributed by atoms with Crippen molar-refractivity contribution in [2.45, 2.75) is 18.1 Å². The molecule has 3 rings (SSSR count). The molecule has 2 heterocycles. The molecule has 3 aromatic rings. The van der Waals surface area contributed by atoms with Crippen LogP contribution in [0.1, 0.15) is 22.6 Å². The van der Waals surface area contributed by atoms with Gasteiger partial charge >= 0.3 is 0 Å². The van der Waals surface area contributed by atoms with Gasteiger partial charge in [-0.1, -0.05) is 30.0 Å².